The van der Waals surface area contributed by atoms with Crippen molar-refractivity contribution >= 4 is 5.91 Å². The molecule has 4 heteroatoms. The molecule has 1 heterocycles. The van der Waals surface area contributed by atoms with Gasteiger partial charge in [0, 0.05) is 11.6 Å². The van der Waals surface area contributed by atoms with Crippen molar-refractivity contribution in [3.63, 3.8) is 0 Å². The van der Waals surface area contributed by atoms with Crippen LogP contribution in [0.5, 0.6) is 0 Å². The molecule has 4 nitrogen and oxygen atoms in total. The maximum atomic E-state index is 12.4. The number of aliphatic hydroxyl groups excluding tert-OH is 1. The third kappa shape index (κ3) is 5.06. The highest BCUT2D eigenvalue weighted by Crippen LogP contribution is 2.23. The van der Waals surface area contributed by atoms with Gasteiger partial charge in [-0.3, -0.25) is 9.69 Å². The number of carbonyl (C=O) groups is 1. The molecule has 1 saturated heterocycles. The van der Waals surface area contributed by atoms with Crippen LogP contribution in [0.3, 0.4) is 0 Å². The normalized spacial score (nSPS) is 24.2. The zero-order valence-electron chi connectivity index (χ0n) is 13.8. The van der Waals surface area contributed by atoms with Crippen LogP contribution in [-0.4, -0.2) is 46.2 Å². The summed E-state index contributed by atoms with van der Waals surface area (Å²) in [7, 11) is 0. The van der Waals surface area contributed by atoms with Crippen LogP contribution in [0.2, 0.25) is 0 Å². The fourth-order valence-electron chi connectivity index (χ4n) is 2.86. The lowest BCUT2D eigenvalue weighted by Crippen LogP contribution is -2.55. The number of hydrogen-bond donors (Lipinski definition) is 2. The first kappa shape index (κ1) is 17.4. The Hall–Kier alpha value is -0.610. The topological polar surface area (TPSA) is 52.6 Å². The summed E-state index contributed by atoms with van der Waals surface area (Å²) >= 11 is 0. The Kier molecular flexibility index (Phi) is 6.46. The Bertz CT molecular complexity index is 316. The van der Waals surface area contributed by atoms with Crippen LogP contribution in [0.4, 0.5) is 0 Å². The van der Waals surface area contributed by atoms with Crippen LogP contribution in [0.25, 0.3) is 0 Å². The minimum Gasteiger partial charge on any atom is -0.393 e. The number of rotatable bonds is 6. The second kappa shape index (κ2) is 7.41. The number of likely N-dealkylation sites (tertiary alicyclic amines) is 1. The van der Waals surface area contributed by atoms with Gasteiger partial charge in [-0.05, 0) is 59.9 Å². The molecular formula is C16H32N2O2. The Morgan fingerprint density at radius 2 is 2.05 bits per heavy atom. The van der Waals surface area contributed by atoms with Crippen LogP contribution in [0, 0.1) is 0 Å². The van der Waals surface area contributed by atoms with Crippen molar-refractivity contribution in [2.24, 2.45) is 0 Å². The molecule has 0 radical (unpaired) electrons. The summed E-state index contributed by atoms with van der Waals surface area (Å²) in [4.78, 5) is 14.7. The molecule has 0 saturated carbocycles. The van der Waals surface area contributed by atoms with E-state index in [9.17, 15) is 9.90 Å². The van der Waals surface area contributed by atoms with Gasteiger partial charge in [0.2, 0.25) is 5.91 Å². The molecule has 1 rings (SSSR count). The molecule has 3 unspecified atom stereocenters. The fraction of sp³-hybridized carbons (Fsp3) is 0.938. The van der Waals surface area contributed by atoms with Crippen molar-refractivity contribution in [1.82, 2.24) is 10.2 Å². The van der Waals surface area contributed by atoms with Gasteiger partial charge in [-0.25, -0.2) is 0 Å². The van der Waals surface area contributed by atoms with Gasteiger partial charge < -0.3 is 10.4 Å². The summed E-state index contributed by atoms with van der Waals surface area (Å²) in [6.07, 6.45) is 4.80. The van der Waals surface area contributed by atoms with Crippen molar-refractivity contribution in [2.45, 2.75) is 90.4 Å². The maximum absolute atomic E-state index is 12.4. The Morgan fingerprint density at radius 3 is 2.60 bits per heavy atom. The largest absolute Gasteiger partial charge is 0.393 e. The molecule has 0 aromatic carbocycles. The van der Waals surface area contributed by atoms with Gasteiger partial charge in [0.15, 0.2) is 0 Å². The van der Waals surface area contributed by atoms with Gasteiger partial charge in [-0.15, -0.1) is 0 Å². The average molecular weight is 284 g/mol. The van der Waals surface area contributed by atoms with Gasteiger partial charge in [0.1, 0.15) is 0 Å². The predicted octanol–water partition coefficient (Wildman–Crippen LogP) is 2.31. The number of aliphatic hydroxyl groups is 1. The summed E-state index contributed by atoms with van der Waals surface area (Å²) in [5, 5.41) is 12.8. The van der Waals surface area contributed by atoms with Crippen LogP contribution < -0.4 is 5.32 Å². The molecule has 0 aliphatic carbocycles. The summed E-state index contributed by atoms with van der Waals surface area (Å²) in [5.41, 5.74) is -0.152. The van der Waals surface area contributed by atoms with E-state index in [0.29, 0.717) is 6.04 Å². The maximum Gasteiger partial charge on any atom is 0.237 e. The van der Waals surface area contributed by atoms with E-state index in [1.165, 1.54) is 6.42 Å². The van der Waals surface area contributed by atoms with Crippen molar-refractivity contribution in [3.05, 3.63) is 0 Å². The average Bonchev–Trinajstić information content (AvgIpc) is 2.37. The summed E-state index contributed by atoms with van der Waals surface area (Å²) < 4.78 is 0. The summed E-state index contributed by atoms with van der Waals surface area (Å²) in [6.45, 7) is 11.0. The van der Waals surface area contributed by atoms with E-state index in [1.54, 1.807) is 0 Å². The van der Waals surface area contributed by atoms with E-state index in [0.717, 1.165) is 32.2 Å². The standard InChI is InChI=1S/C16H32N2O2/c1-6-16(4,5)17-15(20)13(3)18-10-8-7-9-14(18)11-12(2)19/h12-14,19H,6-11H2,1-5H3,(H,17,20). The third-order valence-corrected chi connectivity index (χ3v) is 4.51. The Labute approximate surface area is 123 Å². The van der Waals surface area contributed by atoms with Crippen LogP contribution in [-0.2, 0) is 4.79 Å². The van der Waals surface area contributed by atoms with E-state index in [-0.39, 0.29) is 23.6 Å². The zero-order chi connectivity index (χ0) is 15.3. The molecular weight excluding hydrogens is 252 g/mol. The second-order valence-corrected chi connectivity index (χ2v) is 6.87. The van der Waals surface area contributed by atoms with E-state index in [1.807, 2.05) is 13.8 Å². The zero-order valence-corrected chi connectivity index (χ0v) is 13.8. The van der Waals surface area contributed by atoms with Gasteiger partial charge >= 0.3 is 0 Å². The van der Waals surface area contributed by atoms with Crippen LogP contribution in [0.15, 0.2) is 0 Å². The molecule has 1 aliphatic rings. The lowest BCUT2D eigenvalue weighted by Gasteiger charge is -2.40. The molecule has 0 aromatic heterocycles. The molecule has 118 valence electrons. The summed E-state index contributed by atoms with van der Waals surface area (Å²) in [5.74, 6) is 0.106. The predicted molar refractivity (Wildman–Crippen MR) is 82.6 cm³/mol. The first-order chi connectivity index (χ1) is 9.26. The van der Waals surface area contributed by atoms with Crippen molar-refractivity contribution in [3.8, 4) is 0 Å². The Morgan fingerprint density at radius 1 is 1.40 bits per heavy atom. The number of piperidine rings is 1. The smallest absolute Gasteiger partial charge is 0.237 e. The molecule has 2 N–H and O–H groups in total. The molecule has 3 atom stereocenters. The number of carbonyl (C=O) groups excluding carboxylic acids is 1. The highest BCUT2D eigenvalue weighted by molar-refractivity contribution is 5.82. The van der Waals surface area contributed by atoms with Crippen molar-refractivity contribution in [1.29, 1.82) is 0 Å². The van der Waals surface area contributed by atoms with E-state index in [4.69, 9.17) is 0 Å². The monoisotopic (exact) mass is 284 g/mol. The van der Waals surface area contributed by atoms with Crippen molar-refractivity contribution in [2.75, 3.05) is 6.54 Å². The highest BCUT2D eigenvalue weighted by Gasteiger charge is 2.32. The van der Waals surface area contributed by atoms with Gasteiger partial charge in [0.05, 0.1) is 12.1 Å². The third-order valence-electron chi connectivity index (χ3n) is 4.51. The number of nitrogens with one attached hydrogen (secondary N) is 1. The number of hydrogen-bond acceptors (Lipinski definition) is 3. The summed E-state index contributed by atoms with van der Waals surface area (Å²) in [6, 6.07) is 0.208. The van der Waals surface area contributed by atoms with E-state index >= 15 is 0 Å². The quantitative estimate of drug-likeness (QED) is 0.787. The molecule has 1 amide bonds. The minimum absolute atomic E-state index is 0.106. The fourth-order valence-corrected chi connectivity index (χ4v) is 2.86. The van der Waals surface area contributed by atoms with Gasteiger partial charge in [-0.2, -0.15) is 0 Å². The first-order valence-corrected chi connectivity index (χ1v) is 8.02. The van der Waals surface area contributed by atoms with E-state index < -0.39 is 0 Å². The SMILES string of the molecule is CCC(C)(C)NC(=O)C(C)N1CCCCC1CC(C)O. The molecule has 0 aromatic rings. The van der Waals surface area contributed by atoms with Gasteiger partial charge in [-0.1, -0.05) is 13.3 Å². The molecule has 1 fully saturated rings. The molecule has 0 spiro atoms. The molecule has 0 bridgehead atoms. The lowest BCUT2D eigenvalue weighted by atomic mass is 9.95. The Balaban J connectivity index is 2.66. The van der Waals surface area contributed by atoms with Gasteiger partial charge in [0.25, 0.3) is 0 Å². The second-order valence-electron chi connectivity index (χ2n) is 6.87. The molecule has 1 aliphatic heterocycles. The molecule has 20 heavy (non-hydrogen) atoms. The number of amides is 1. The van der Waals surface area contributed by atoms with Crippen molar-refractivity contribution < 1.29 is 9.90 Å². The van der Waals surface area contributed by atoms with Crippen LogP contribution >= 0.6 is 0 Å². The number of nitrogens with zero attached hydrogens (tertiary/aromatic N) is 1. The van der Waals surface area contributed by atoms with Crippen LogP contribution in [0.1, 0.15) is 66.7 Å². The lowest BCUT2D eigenvalue weighted by molar-refractivity contribution is -0.129. The highest BCUT2D eigenvalue weighted by atomic mass is 16.3. The first-order valence-electron chi connectivity index (χ1n) is 8.02. The van der Waals surface area contributed by atoms with E-state index in [2.05, 4.69) is 31.0 Å². The minimum atomic E-state index is -0.303.